The van der Waals surface area contributed by atoms with E-state index in [1.165, 1.54) is 11.1 Å². The van der Waals surface area contributed by atoms with E-state index < -0.39 is 0 Å². The van der Waals surface area contributed by atoms with Crippen molar-refractivity contribution in [2.24, 2.45) is 5.92 Å². The van der Waals surface area contributed by atoms with Gasteiger partial charge in [0.1, 0.15) is 5.78 Å². The molecule has 1 aliphatic carbocycles. The first kappa shape index (κ1) is 16.8. The highest BCUT2D eigenvalue weighted by molar-refractivity contribution is 5.84. The molecule has 3 aliphatic rings. The van der Waals surface area contributed by atoms with Crippen LogP contribution in [0, 0.1) is 5.92 Å². The maximum atomic E-state index is 12.9. The van der Waals surface area contributed by atoms with Gasteiger partial charge < -0.3 is 9.47 Å². The lowest BCUT2D eigenvalue weighted by molar-refractivity contribution is -0.126. The number of likely N-dealkylation sites (tertiary alicyclic amines) is 1. The Morgan fingerprint density at radius 2 is 1.89 bits per heavy atom. The minimum Gasteiger partial charge on any atom is -0.454 e. The number of fused-ring (bicyclic) bond motifs is 2. The van der Waals surface area contributed by atoms with Gasteiger partial charge in [0.05, 0.1) is 0 Å². The second kappa shape index (κ2) is 6.68. The van der Waals surface area contributed by atoms with Crippen LogP contribution >= 0.6 is 0 Å². The third-order valence-electron chi connectivity index (χ3n) is 6.58. The standard InChI is InChI=1S/C23H25NO3/c1-15(16-6-3-2-4-7-16)24-13-18(23-19(24)8-5-9-20(23)25)17-10-11-21-22(12-17)27-14-26-21/h2-4,6-7,10-12,15,18-19,23H,5,8-9,13-14H2,1H3/t15-,18-,19-,23-/m0/s1. The quantitative estimate of drug-likeness (QED) is 0.814. The molecule has 2 aromatic carbocycles. The fourth-order valence-electron chi connectivity index (χ4n) is 5.21. The van der Waals surface area contributed by atoms with E-state index in [1.54, 1.807) is 0 Å². The highest BCUT2D eigenvalue weighted by atomic mass is 16.7. The van der Waals surface area contributed by atoms with E-state index in [0.29, 0.717) is 17.9 Å². The molecule has 1 saturated carbocycles. The van der Waals surface area contributed by atoms with Crippen LogP contribution in [0.3, 0.4) is 0 Å². The SMILES string of the molecule is C[C@@H](c1ccccc1)N1C[C@@H](c2ccc3c(c2)OCO3)[C@@H]2C(=O)CCC[C@@H]21. The van der Waals surface area contributed by atoms with E-state index in [0.717, 1.165) is 37.3 Å². The summed E-state index contributed by atoms with van der Waals surface area (Å²) >= 11 is 0. The number of ether oxygens (including phenoxy) is 2. The number of carbonyl (C=O) groups excluding carboxylic acids is 1. The van der Waals surface area contributed by atoms with Crippen molar-refractivity contribution in [1.82, 2.24) is 4.90 Å². The molecule has 4 nitrogen and oxygen atoms in total. The molecule has 2 heterocycles. The van der Waals surface area contributed by atoms with Crippen molar-refractivity contribution in [3.05, 3.63) is 59.7 Å². The molecule has 0 aromatic heterocycles. The summed E-state index contributed by atoms with van der Waals surface area (Å²) in [5.41, 5.74) is 2.52. The molecule has 0 radical (unpaired) electrons. The first-order valence-corrected chi connectivity index (χ1v) is 9.95. The summed E-state index contributed by atoms with van der Waals surface area (Å²) < 4.78 is 11.0. The Hall–Kier alpha value is -2.33. The van der Waals surface area contributed by atoms with E-state index in [9.17, 15) is 4.79 Å². The summed E-state index contributed by atoms with van der Waals surface area (Å²) in [6.07, 6.45) is 2.83. The van der Waals surface area contributed by atoms with E-state index in [-0.39, 0.29) is 18.6 Å². The summed E-state index contributed by atoms with van der Waals surface area (Å²) in [7, 11) is 0. The van der Waals surface area contributed by atoms with Crippen LogP contribution in [0.5, 0.6) is 11.5 Å². The molecule has 0 bridgehead atoms. The molecule has 2 aromatic rings. The number of Topliss-reactive ketones (excluding diaryl/α,β-unsaturated/α-hetero) is 1. The van der Waals surface area contributed by atoms with Gasteiger partial charge in [-0.1, -0.05) is 36.4 Å². The maximum Gasteiger partial charge on any atom is 0.231 e. The van der Waals surface area contributed by atoms with Gasteiger partial charge in [0.15, 0.2) is 11.5 Å². The minimum absolute atomic E-state index is 0.0882. The first-order valence-electron chi connectivity index (χ1n) is 9.95. The lowest BCUT2D eigenvalue weighted by Gasteiger charge is -2.35. The molecule has 27 heavy (non-hydrogen) atoms. The fraction of sp³-hybridized carbons (Fsp3) is 0.435. The Morgan fingerprint density at radius 3 is 2.74 bits per heavy atom. The number of rotatable bonds is 3. The number of hydrogen-bond donors (Lipinski definition) is 0. The van der Waals surface area contributed by atoms with Crippen molar-refractivity contribution in [3.63, 3.8) is 0 Å². The Bertz CT molecular complexity index is 850. The molecule has 2 aliphatic heterocycles. The molecule has 0 unspecified atom stereocenters. The number of ketones is 1. The molecule has 0 N–H and O–H groups in total. The zero-order valence-electron chi connectivity index (χ0n) is 15.6. The fourth-order valence-corrected chi connectivity index (χ4v) is 5.21. The van der Waals surface area contributed by atoms with Crippen molar-refractivity contribution in [2.45, 2.75) is 44.2 Å². The zero-order valence-corrected chi connectivity index (χ0v) is 15.6. The molecule has 4 atom stereocenters. The van der Waals surface area contributed by atoms with Gasteiger partial charge in [-0.25, -0.2) is 0 Å². The topological polar surface area (TPSA) is 38.8 Å². The largest absolute Gasteiger partial charge is 0.454 e. The van der Waals surface area contributed by atoms with Gasteiger partial charge in [0, 0.05) is 36.9 Å². The summed E-state index contributed by atoms with van der Waals surface area (Å²) in [6.45, 7) is 3.47. The summed E-state index contributed by atoms with van der Waals surface area (Å²) in [5.74, 6) is 2.35. The Morgan fingerprint density at radius 1 is 1.07 bits per heavy atom. The van der Waals surface area contributed by atoms with Crippen LogP contribution in [0.4, 0.5) is 0 Å². The van der Waals surface area contributed by atoms with Crippen LogP contribution < -0.4 is 9.47 Å². The third kappa shape index (κ3) is 2.83. The van der Waals surface area contributed by atoms with E-state index in [2.05, 4.69) is 54.3 Å². The van der Waals surface area contributed by atoms with Crippen molar-refractivity contribution < 1.29 is 14.3 Å². The Balaban J connectivity index is 1.49. The van der Waals surface area contributed by atoms with Gasteiger partial charge >= 0.3 is 0 Å². The molecule has 1 saturated heterocycles. The van der Waals surface area contributed by atoms with Crippen molar-refractivity contribution in [3.8, 4) is 11.5 Å². The first-order chi connectivity index (χ1) is 13.2. The van der Waals surface area contributed by atoms with Crippen molar-refractivity contribution in [2.75, 3.05) is 13.3 Å². The lowest BCUT2D eigenvalue weighted by Crippen LogP contribution is -2.40. The van der Waals surface area contributed by atoms with E-state index in [1.807, 2.05) is 6.07 Å². The van der Waals surface area contributed by atoms with Crippen molar-refractivity contribution in [1.29, 1.82) is 0 Å². The average molecular weight is 363 g/mol. The van der Waals surface area contributed by atoms with Crippen LogP contribution in [0.2, 0.25) is 0 Å². The van der Waals surface area contributed by atoms with Crippen LogP contribution in [-0.4, -0.2) is 30.1 Å². The average Bonchev–Trinajstić information content (AvgIpc) is 3.33. The third-order valence-corrected chi connectivity index (χ3v) is 6.58. The molecular formula is C23H25NO3. The minimum atomic E-state index is 0.0882. The summed E-state index contributed by atoms with van der Waals surface area (Å²) in [5, 5.41) is 0. The number of benzene rings is 2. The molecule has 140 valence electrons. The molecule has 0 amide bonds. The number of hydrogen-bond acceptors (Lipinski definition) is 4. The van der Waals surface area contributed by atoms with E-state index in [4.69, 9.17) is 9.47 Å². The predicted molar refractivity (Wildman–Crippen MR) is 103 cm³/mol. The Labute approximate surface area is 160 Å². The zero-order chi connectivity index (χ0) is 18.4. The molecule has 5 rings (SSSR count). The van der Waals surface area contributed by atoms with E-state index >= 15 is 0 Å². The maximum absolute atomic E-state index is 12.9. The van der Waals surface area contributed by atoms with Gasteiger partial charge in [-0.15, -0.1) is 0 Å². The monoisotopic (exact) mass is 363 g/mol. The number of nitrogens with zero attached hydrogens (tertiary/aromatic N) is 1. The van der Waals surface area contributed by atoms with Crippen LogP contribution in [0.25, 0.3) is 0 Å². The lowest BCUT2D eigenvalue weighted by atomic mass is 9.76. The summed E-state index contributed by atoms with van der Waals surface area (Å²) in [4.78, 5) is 15.5. The van der Waals surface area contributed by atoms with Crippen molar-refractivity contribution >= 4 is 5.78 Å². The smallest absolute Gasteiger partial charge is 0.231 e. The normalized spacial score (nSPS) is 28.2. The van der Waals surface area contributed by atoms with Gasteiger partial charge in [-0.3, -0.25) is 9.69 Å². The van der Waals surface area contributed by atoms with Gasteiger partial charge in [-0.2, -0.15) is 0 Å². The van der Waals surface area contributed by atoms with Crippen LogP contribution in [0.1, 0.15) is 49.3 Å². The molecular weight excluding hydrogens is 338 g/mol. The number of carbonyl (C=O) groups is 1. The predicted octanol–water partition coefficient (Wildman–Crippen LogP) is 4.31. The molecule has 0 spiro atoms. The molecule has 4 heteroatoms. The molecule has 2 fully saturated rings. The second-order valence-corrected chi connectivity index (χ2v) is 7.95. The van der Waals surface area contributed by atoms with Gasteiger partial charge in [-0.05, 0) is 43.0 Å². The highest BCUT2D eigenvalue weighted by Crippen LogP contribution is 2.47. The van der Waals surface area contributed by atoms with Gasteiger partial charge in [0.2, 0.25) is 6.79 Å². The van der Waals surface area contributed by atoms with Gasteiger partial charge in [0.25, 0.3) is 0 Å². The van der Waals surface area contributed by atoms with Crippen LogP contribution in [-0.2, 0) is 4.79 Å². The summed E-state index contributed by atoms with van der Waals surface area (Å²) in [6, 6.07) is 17.5. The van der Waals surface area contributed by atoms with Crippen LogP contribution in [0.15, 0.2) is 48.5 Å². The Kier molecular flexibility index (Phi) is 4.16. The highest BCUT2D eigenvalue weighted by Gasteiger charge is 2.49. The second-order valence-electron chi connectivity index (χ2n) is 7.95.